The number of nitrogens with zero attached hydrogens (tertiary/aromatic N) is 5. The van der Waals surface area contributed by atoms with E-state index in [2.05, 4.69) is 15.5 Å². The number of aliphatic carboxylic acids is 1. The SMILES string of the molecule is C[n+]1ccc(N2CC/C(=C\C3=C(C(=O)O)N4C(=O)[C@@H](NC(=O)/C(=N\OC5CCCC5)c5csc(N)n5)[C@H]4SC3)C2=O)cc1.[I-]. The number of thiazole rings is 1. The number of nitrogens with two attached hydrogens (primary N) is 1. The molecule has 1 saturated carbocycles. The number of β-lactam (4-membered cyclic amide) rings is 1. The summed E-state index contributed by atoms with van der Waals surface area (Å²) in [6.07, 6.45) is 9.36. The van der Waals surface area contributed by atoms with Gasteiger partial charge >= 0.3 is 5.97 Å². The minimum absolute atomic E-state index is 0. The van der Waals surface area contributed by atoms with Crippen molar-refractivity contribution in [2.24, 2.45) is 12.2 Å². The quantitative estimate of drug-likeness (QED) is 0.0712. The molecule has 0 bridgehead atoms. The molecule has 3 fully saturated rings. The van der Waals surface area contributed by atoms with E-state index in [0.29, 0.717) is 24.1 Å². The van der Waals surface area contributed by atoms with Crippen molar-refractivity contribution in [3.63, 3.8) is 0 Å². The van der Waals surface area contributed by atoms with Gasteiger partial charge in [-0.25, -0.2) is 14.3 Å². The summed E-state index contributed by atoms with van der Waals surface area (Å²) in [6.45, 7) is 0.472. The number of fused-ring (bicyclic) bond motifs is 1. The van der Waals surface area contributed by atoms with Crippen molar-refractivity contribution in [2.45, 2.75) is 49.6 Å². The van der Waals surface area contributed by atoms with E-state index in [-0.39, 0.29) is 64.0 Å². The number of carboxylic acid groups (broad SMARTS) is 1. The summed E-state index contributed by atoms with van der Waals surface area (Å²) in [5.74, 6) is -2.47. The van der Waals surface area contributed by atoms with E-state index in [4.69, 9.17) is 10.6 Å². The number of carboxylic acids is 1. The lowest BCUT2D eigenvalue weighted by Crippen LogP contribution is -3.00. The van der Waals surface area contributed by atoms with Gasteiger partial charge < -0.3 is 49.9 Å². The van der Waals surface area contributed by atoms with Crippen molar-refractivity contribution >= 4 is 63.3 Å². The first-order valence-electron chi connectivity index (χ1n) is 13.9. The van der Waals surface area contributed by atoms with Crippen molar-refractivity contribution in [1.82, 2.24) is 15.2 Å². The molecule has 3 amide bonds. The predicted molar refractivity (Wildman–Crippen MR) is 159 cm³/mol. The number of hydrogen-bond acceptors (Lipinski definition) is 10. The highest BCUT2D eigenvalue weighted by atomic mass is 127. The summed E-state index contributed by atoms with van der Waals surface area (Å²) in [6, 6.07) is 2.71. The molecule has 3 aliphatic heterocycles. The number of anilines is 2. The normalized spacial score (nSPS) is 23.0. The number of halogens is 1. The van der Waals surface area contributed by atoms with Crippen LogP contribution in [0, 0.1) is 0 Å². The molecule has 1 aliphatic carbocycles. The molecule has 2 aromatic heterocycles. The number of allylic oxidation sites excluding steroid dienone is 1. The summed E-state index contributed by atoms with van der Waals surface area (Å²) in [5.41, 5.74) is 7.34. The molecule has 13 nitrogen and oxygen atoms in total. The van der Waals surface area contributed by atoms with Crippen LogP contribution >= 0.6 is 23.1 Å². The van der Waals surface area contributed by atoms with Crippen molar-refractivity contribution in [3.05, 3.63) is 58.5 Å². The third-order valence-corrected chi connectivity index (χ3v) is 9.78. The molecule has 2 saturated heterocycles. The van der Waals surface area contributed by atoms with Crippen LogP contribution in [0.3, 0.4) is 0 Å². The molecule has 4 N–H and O–H groups in total. The Morgan fingerprint density at radius 3 is 2.64 bits per heavy atom. The number of thioether (sulfide) groups is 1. The van der Waals surface area contributed by atoms with Crippen LogP contribution in [-0.4, -0.2) is 74.2 Å². The van der Waals surface area contributed by atoms with Crippen LogP contribution in [0.1, 0.15) is 37.8 Å². The van der Waals surface area contributed by atoms with Gasteiger partial charge in [0.15, 0.2) is 23.2 Å². The molecular formula is C28H30IN7O6S2. The van der Waals surface area contributed by atoms with Gasteiger partial charge in [-0.15, -0.1) is 23.1 Å². The second-order valence-electron chi connectivity index (χ2n) is 10.7. The van der Waals surface area contributed by atoms with Gasteiger partial charge in [0.25, 0.3) is 17.7 Å². The molecule has 5 heterocycles. The molecule has 0 spiro atoms. The third kappa shape index (κ3) is 6.19. The lowest BCUT2D eigenvalue weighted by molar-refractivity contribution is -0.671. The molecule has 0 aromatic carbocycles. The number of nitrogen functional groups attached to an aromatic ring is 1. The molecule has 2 atom stereocenters. The summed E-state index contributed by atoms with van der Waals surface area (Å²) in [5, 5.41) is 18.1. The van der Waals surface area contributed by atoms with Gasteiger partial charge in [0, 0.05) is 35.4 Å². The molecule has 0 radical (unpaired) electrons. The molecule has 4 aliphatic rings. The monoisotopic (exact) mass is 751 g/mol. The Hall–Kier alpha value is -3.51. The number of amides is 3. The Morgan fingerprint density at radius 2 is 1.98 bits per heavy atom. The number of rotatable bonds is 8. The number of carbonyl (C=O) groups is 4. The fourth-order valence-electron chi connectivity index (χ4n) is 5.56. The molecule has 16 heteroatoms. The van der Waals surface area contributed by atoms with E-state index in [1.165, 1.54) is 16.7 Å². The fourth-order valence-corrected chi connectivity index (χ4v) is 7.42. The minimum atomic E-state index is -1.28. The van der Waals surface area contributed by atoms with Gasteiger partial charge in [-0.1, -0.05) is 5.16 Å². The maximum atomic E-state index is 13.3. The van der Waals surface area contributed by atoms with Gasteiger partial charge in [0.1, 0.15) is 36.0 Å². The first kappa shape index (κ1) is 31.9. The Morgan fingerprint density at radius 1 is 1.25 bits per heavy atom. The van der Waals surface area contributed by atoms with E-state index in [1.807, 2.05) is 36.1 Å². The maximum absolute atomic E-state index is 13.3. The number of hydrogen-bond donors (Lipinski definition) is 3. The zero-order valence-electron chi connectivity index (χ0n) is 23.6. The van der Waals surface area contributed by atoms with E-state index in [9.17, 15) is 24.3 Å². The van der Waals surface area contributed by atoms with Crippen LogP contribution in [0.25, 0.3) is 0 Å². The Kier molecular flexibility index (Phi) is 9.59. The average molecular weight is 752 g/mol. The van der Waals surface area contributed by atoms with Gasteiger partial charge in [-0.05, 0) is 43.8 Å². The zero-order valence-corrected chi connectivity index (χ0v) is 27.4. The first-order chi connectivity index (χ1) is 20.7. The molecule has 6 rings (SSSR count). The zero-order chi connectivity index (χ0) is 30.2. The predicted octanol–water partition coefficient (Wildman–Crippen LogP) is -1.68. The number of aryl methyl sites for hydroxylation is 1. The molecule has 44 heavy (non-hydrogen) atoms. The van der Waals surface area contributed by atoms with Crippen LogP contribution < -0.4 is 44.5 Å². The highest BCUT2D eigenvalue weighted by Crippen LogP contribution is 2.41. The second kappa shape index (κ2) is 13.2. The first-order valence-corrected chi connectivity index (χ1v) is 15.8. The maximum Gasteiger partial charge on any atom is 0.352 e. The summed E-state index contributed by atoms with van der Waals surface area (Å²) < 4.78 is 1.87. The standard InChI is InChI=1S/C28H29N7O6S2.HI/c1-33-9-7-17(8-10-33)34-11-6-15(24(34)37)12-16-13-42-26-21(25(38)35(26)22(16)27(39)40)31-23(36)20(19-14-43-28(29)30-19)32-41-18-4-2-3-5-18;/h7-10,12,14,18,21,26H,2-6,11,13H2,1H3,(H3-,29,30,31,36,39,40);1H/b15-12+,32-20-;/t21-,26-;/m1./s1. The number of carbonyl (C=O) groups excluding carboxylic acids is 3. The fraction of sp³-hybridized carbons (Fsp3) is 0.393. The molecular weight excluding hydrogens is 721 g/mol. The largest absolute Gasteiger partial charge is 1.00 e. The topological polar surface area (TPSA) is 171 Å². The smallest absolute Gasteiger partial charge is 0.352 e. The highest BCUT2D eigenvalue weighted by molar-refractivity contribution is 8.00. The van der Waals surface area contributed by atoms with Gasteiger partial charge in [0.2, 0.25) is 0 Å². The number of aromatic nitrogens is 2. The minimum Gasteiger partial charge on any atom is -1.00 e. The van der Waals surface area contributed by atoms with E-state index in [1.54, 1.807) is 16.4 Å². The van der Waals surface area contributed by atoms with Gasteiger partial charge in [-0.2, -0.15) is 0 Å². The highest BCUT2D eigenvalue weighted by Gasteiger charge is 2.54. The Labute approximate surface area is 278 Å². The molecule has 2 aromatic rings. The Balaban J connectivity index is 0.00000384. The van der Waals surface area contributed by atoms with Crippen LogP contribution in [0.2, 0.25) is 0 Å². The molecule has 232 valence electrons. The van der Waals surface area contributed by atoms with Crippen molar-refractivity contribution in [2.75, 3.05) is 22.9 Å². The van der Waals surface area contributed by atoms with Crippen molar-refractivity contribution in [1.29, 1.82) is 0 Å². The molecule has 0 unspecified atom stereocenters. The third-order valence-electron chi connectivity index (χ3n) is 7.81. The van der Waals surface area contributed by atoms with E-state index < -0.39 is 29.2 Å². The average Bonchev–Trinajstić information content (AvgIpc) is 3.75. The van der Waals surface area contributed by atoms with Gasteiger partial charge in [0.05, 0.1) is 5.69 Å². The number of pyridine rings is 1. The Bertz CT molecular complexity index is 1580. The van der Waals surface area contributed by atoms with Gasteiger partial charge in [-0.3, -0.25) is 19.3 Å². The second-order valence-corrected chi connectivity index (χ2v) is 12.7. The van der Waals surface area contributed by atoms with Crippen molar-refractivity contribution in [3.8, 4) is 0 Å². The van der Waals surface area contributed by atoms with Crippen molar-refractivity contribution < 1.29 is 57.7 Å². The summed E-state index contributed by atoms with van der Waals surface area (Å²) >= 11 is 2.46. The summed E-state index contributed by atoms with van der Waals surface area (Å²) in [7, 11) is 1.89. The number of oxime groups is 1. The lowest BCUT2D eigenvalue weighted by Gasteiger charge is -2.49. The summed E-state index contributed by atoms with van der Waals surface area (Å²) in [4.78, 5) is 64.8. The number of nitrogens with one attached hydrogen (secondary N) is 1. The van der Waals surface area contributed by atoms with E-state index >= 15 is 0 Å². The van der Waals surface area contributed by atoms with Crippen LogP contribution in [0.5, 0.6) is 0 Å². The van der Waals surface area contributed by atoms with Crippen LogP contribution in [0.15, 0.2) is 58.0 Å². The lowest BCUT2D eigenvalue weighted by atomic mass is 10.0. The van der Waals surface area contributed by atoms with Crippen LogP contribution in [-0.2, 0) is 31.1 Å². The van der Waals surface area contributed by atoms with Crippen LogP contribution in [0.4, 0.5) is 10.8 Å². The van der Waals surface area contributed by atoms with E-state index in [0.717, 1.165) is 42.7 Å².